The Hall–Kier alpha value is -2.50. The summed E-state index contributed by atoms with van der Waals surface area (Å²) in [7, 11) is 0. The number of hydrogen-bond acceptors (Lipinski definition) is 5. The molecule has 1 saturated carbocycles. The van der Waals surface area contributed by atoms with E-state index in [1.54, 1.807) is 6.07 Å². The van der Waals surface area contributed by atoms with Crippen molar-refractivity contribution in [3.63, 3.8) is 0 Å². The largest absolute Gasteiger partial charge is 0.454 e. The van der Waals surface area contributed by atoms with Gasteiger partial charge in [0, 0.05) is 11.6 Å². The molecule has 2 aromatic rings. The first-order valence-corrected chi connectivity index (χ1v) is 6.36. The Bertz CT molecular complexity index is 703. The highest BCUT2D eigenvalue weighted by molar-refractivity contribution is 5.89. The molecule has 1 amide bonds. The van der Waals surface area contributed by atoms with Crippen molar-refractivity contribution in [2.45, 2.75) is 18.3 Å². The summed E-state index contributed by atoms with van der Waals surface area (Å²) in [6.45, 7) is 0.227. The van der Waals surface area contributed by atoms with Crippen LogP contribution >= 0.6 is 0 Å². The molecule has 0 unspecified atom stereocenters. The van der Waals surface area contributed by atoms with Gasteiger partial charge in [-0.25, -0.2) is 0 Å². The summed E-state index contributed by atoms with van der Waals surface area (Å²) in [4.78, 5) is 11.5. The lowest BCUT2D eigenvalue weighted by Gasteiger charge is -2.04. The lowest BCUT2D eigenvalue weighted by Crippen LogP contribution is -2.28. The van der Waals surface area contributed by atoms with E-state index in [9.17, 15) is 4.79 Å². The maximum absolute atomic E-state index is 11.5. The Morgan fingerprint density at radius 3 is 2.75 bits per heavy atom. The third kappa shape index (κ3) is 1.51. The van der Waals surface area contributed by atoms with Crippen LogP contribution in [0.3, 0.4) is 0 Å². The van der Waals surface area contributed by atoms with Gasteiger partial charge in [0.1, 0.15) is 0 Å². The molecule has 1 fully saturated rings. The molecule has 4 rings (SSSR count). The highest BCUT2D eigenvalue weighted by atomic mass is 16.7. The SMILES string of the molecule is NC(=O)C1(c2cc(-c3ccc4c(c3)OCO4)on2)CC1. The Morgan fingerprint density at radius 1 is 1.20 bits per heavy atom. The third-order valence-corrected chi connectivity index (χ3v) is 3.88. The van der Waals surface area contributed by atoms with E-state index in [1.165, 1.54) is 0 Å². The van der Waals surface area contributed by atoms with Gasteiger partial charge in [-0.1, -0.05) is 5.16 Å². The van der Waals surface area contributed by atoms with Gasteiger partial charge in [0.25, 0.3) is 0 Å². The molecule has 0 atom stereocenters. The predicted molar refractivity (Wildman–Crippen MR) is 68.2 cm³/mol. The molecular formula is C14H12N2O4. The molecule has 2 N–H and O–H groups in total. The first kappa shape index (κ1) is 11.3. The summed E-state index contributed by atoms with van der Waals surface area (Å²) in [5.74, 6) is 1.63. The van der Waals surface area contributed by atoms with E-state index >= 15 is 0 Å². The van der Waals surface area contributed by atoms with Crippen LogP contribution in [0, 0.1) is 0 Å². The minimum Gasteiger partial charge on any atom is -0.454 e. The van der Waals surface area contributed by atoms with Crippen molar-refractivity contribution in [2.75, 3.05) is 6.79 Å². The number of aromatic nitrogens is 1. The van der Waals surface area contributed by atoms with Gasteiger partial charge < -0.3 is 19.7 Å². The van der Waals surface area contributed by atoms with E-state index in [-0.39, 0.29) is 12.7 Å². The Labute approximate surface area is 114 Å². The number of nitrogens with two attached hydrogens (primary N) is 1. The summed E-state index contributed by atoms with van der Waals surface area (Å²) in [6.07, 6.45) is 1.46. The van der Waals surface area contributed by atoms with E-state index < -0.39 is 5.41 Å². The first-order valence-electron chi connectivity index (χ1n) is 6.36. The van der Waals surface area contributed by atoms with E-state index in [0.717, 1.165) is 18.4 Å². The Morgan fingerprint density at radius 2 is 2.00 bits per heavy atom. The van der Waals surface area contributed by atoms with Crippen LogP contribution in [0.5, 0.6) is 11.5 Å². The molecule has 102 valence electrons. The van der Waals surface area contributed by atoms with Crippen molar-refractivity contribution >= 4 is 5.91 Å². The van der Waals surface area contributed by atoms with Gasteiger partial charge in [0.05, 0.1) is 11.1 Å². The van der Waals surface area contributed by atoms with Gasteiger partial charge >= 0.3 is 0 Å². The molecule has 0 bridgehead atoms. The molecule has 1 aliphatic heterocycles. The zero-order valence-electron chi connectivity index (χ0n) is 10.6. The normalized spacial score (nSPS) is 18.0. The number of fused-ring (bicyclic) bond motifs is 1. The average molecular weight is 272 g/mol. The van der Waals surface area contributed by atoms with Gasteiger partial charge in [-0.05, 0) is 31.0 Å². The van der Waals surface area contributed by atoms with Crippen LogP contribution < -0.4 is 15.2 Å². The van der Waals surface area contributed by atoms with E-state index in [4.69, 9.17) is 19.7 Å². The fraction of sp³-hybridized carbons (Fsp3) is 0.286. The summed E-state index contributed by atoms with van der Waals surface area (Å²) >= 11 is 0. The third-order valence-electron chi connectivity index (χ3n) is 3.88. The molecule has 0 spiro atoms. The van der Waals surface area contributed by atoms with Crippen LogP contribution in [0.25, 0.3) is 11.3 Å². The van der Waals surface area contributed by atoms with Crippen LogP contribution in [0.2, 0.25) is 0 Å². The van der Waals surface area contributed by atoms with Crippen LogP contribution in [-0.2, 0) is 10.2 Å². The highest BCUT2D eigenvalue weighted by Crippen LogP contribution is 2.48. The number of hydrogen-bond donors (Lipinski definition) is 1. The van der Waals surface area contributed by atoms with Crippen LogP contribution in [0.15, 0.2) is 28.8 Å². The average Bonchev–Trinajstić information content (AvgIpc) is 2.91. The van der Waals surface area contributed by atoms with Gasteiger partial charge in [0.2, 0.25) is 12.7 Å². The summed E-state index contributed by atoms with van der Waals surface area (Å²) < 4.78 is 15.9. The smallest absolute Gasteiger partial charge is 0.231 e. The fourth-order valence-electron chi connectivity index (χ4n) is 2.44. The molecule has 2 heterocycles. The van der Waals surface area contributed by atoms with Crippen molar-refractivity contribution in [1.29, 1.82) is 0 Å². The summed E-state index contributed by atoms with van der Waals surface area (Å²) in [6, 6.07) is 7.29. The second-order valence-electron chi connectivity index (χ2n) is 5.09. The van der Waals surface area contributed by atoms with Crippen molar-refractivity contribution in [2.24, 2.45) is 5.73 Å². The summed E-state index contributed by atoms with van der Waals surface area (Å²) in [5, 5.41) is 3.99. The molecule has 0 saturated heterocycles. The molecule has 6 heteroatoms. The second-order valence-corrected chi connectivity index (χ2v) is 5.09. The van der Waals surface area contributed by atoms with E-state index in [2.05, 4.69) is 5.16 Å². The number of rotatable bonds is 3. The Balaban J connectivity index is 1.70. The standard InChI is InChI=1S/C14H12N2O4/c15-13(17)14(3-4-14)12-6-10(20-16-12)8-1-2-9-11(5-8)19-7-18-9/h1-2,5-6H,3-4,7H2,(H2,15,17). The first-order chi connectivity index (χ1) is 9.69. The maximum Gasteiger partial charge on any atom is 0.231 e. The number of nitrogens with zero attached hydrogens (tertiary/aromatic N) is 1. The van der Waals surface area contributed by atoms with Crippen LogP contribution in [-0.4, -0.2) is 17.9 Å². The van der Waals surface area contributed by atoms with E-state index in [1.807, 2.05) is 18.2 Å². The minimum absolute atomic E-state index is 0.227. The van der Waals surface area contributed by atoms with Gasteiger partial charge in [-0.2, -0.15) is 0 Å². The number of carbonyl (C=O) groups excluding carboxylic acids is 1. The monoisotopic (exact) mass is 272 g/mol. The second kappa shape index (κ2) is 3.75. The fourth-order valence-corrected chi connectivity index (χ4v) is 2.44. The number of primary amides is 1. The van der Waals surface area contributed by atoms with E-state index in [0.29, 0.717) is 23.0 Å². The van der Waals surface area contributed by atoms with Crippen molar-refractivity contribution in [1.82, 2.24) is 5.16 Å². The van der Waals surface area contributed by atoms with Crippen LogP contribution in [0.1, 0.15) is 18.5 Å². The van der Waals surface area contributed by atoms with Gasteiger partial charge in [0.15, 0.2) is 17.3 Å². The number of amides is 1. The minimum atomic E-state index is -0.627. The Kier molecular flexibility index (Phi) is 2.13. The van der Waals surface area contributed by atoms with Gasteiger partial charge in [-0.3, -0.25) is 4.79 Å². The molecule has 1 aromatic carbocycles. The molecule has 2 aliphatic rings. The number of ether oxygens (including phenoxy) is 2. The predicted octanol–water partition coefficient (Wildman–Crippen LogP) is 1.59. The molecule has 20 heavy (non-hydrogen) atoms. The van der Waals surface area contributed by atoms with Gasteiger partial charge in [-0.15, -0.1) is 0 Å². The highest BCUT2D eigenvalue weighted by Gasteiger charge is 2.52. The lowest BCUT2D eigenvalue weighted by atomic mass is 10.0. The molecular weight excluding hydrogens is 260 g/mol. The molecule has 6 nitrogen and oxygen atoms in total. The zero-order chi connectivity index (χ0) is 13.7. The molecule has 0 radical (unpaired) electrons. The molecule has 1 aromatic heterocycles. The maximum atomic E-state index is 11.5. The zero-order valence-corrected chi connectivity index (χ0v) is 10.6. The topological polar surface area (TPSA) is 87.6 Å². The number of benzene rings is 1. The van der Waals surface area contributed by atoms with Crippen molar-refractivity contribution in [3.05, 3.63) is 30.0 Å². The molecule has 1 aliphatic carbocycles. The van der Waals surface area contributed by atoms with Crippen molar-refractivity contribution < 1.29 is 18.8 Å². The number of carbonyl (C=O) groups is 1. The lowest BCUT2D eigenvalue weighted by molar-refractivity contribution is -0.120. The van der Waals surface area contributed by atoms with Crippen molar-refractivity contribution in [3.8, 4) is 22.8 Å². The van der Waals surface area contributed by atoms with Crippen LogP contribution in [0.4, 0.5) is 0 Å². The quantitative estimate of drug-likeness (QED) is 0.916. The summed E-state index contributed by atoms with van der Waals surface area (Å²) in [5.41, 5.74) is 6.24.